The maximum Gasteiger partial charge on any atom is 0.322 e. The number of rotatable bonds is 3. The number of anilines is 1. The zero-order chi connectivity index (χ0) is 16.1. The van der Waals surface area contributed by atoms with Crippen molar-refractivity contribution in [1.82, 2.24) is 4.31 Å². The van der Waals surface area contributed by atoms with E-state index in [-0.39, 0.29) is 29.1 Å². The molecule has 2 aliphatic heterocycles. The van der Waals surface area contributed by atoms with Crippen LogP contribution < -0.4 is 5.32 Å². The van der Waals surface area contributed by atoms with E-state index in [1.54, 1.807) is 0 Å². The number of nitrogens with zero attached hydrogens (tertiary/aromatic N) is 1. The molecule has 1 atom stereocenters. The molecule has 1 aromatic rings. The lowest BCUT2D eigenvalue weighted by Crippen LogP contribution is -2.40. The van der Waals surface area contributed by atoms with Gasteiger partial charge in [0.15, 0.2) is 0 Å². The van der Waals surface area contributed by atoms with Gasteiger partial charge in [0, 0.05) is 6.54 Å². The van der Waals surface area contributed by atoms with E-state index in [9.17, 15) is 22.8 Å². The summed E-state index contributed by atoms with van der Waals surface area (Å²) < 4.78 is 26.1. The molecule has 2 aliphatic rings. The van der Waals surface area contributed by atoms with E-state index in [2.05, 4.69) is 5.32 Å². The molecule has 22 heavy (non-hydrogen) atoms. The third kappa shape index (κ3) is 2.09. The molecule has 2 N–H and O–H groups in total. The van der Waals surface area contributed by atoms with Crippen LogP contribution in [0.5, 0.6) is 0 Å². The third-order valence-corrected chi connectivity index (χ3v) is 5.69. The molecule has 0 aromatic heterocycles. The van der Waals surface area contributed by atoms with Gasteiger partial charge in [-0.25, -0.2) is 8.42 Å². The van der Waals surface area contributed by atoms with Gasteiger partial charge >= 0.3 is 5.97 Å². The molecule has 1 amide bonds. The number of carboxylic acid groups (broad SMARTS) is 1. The Bertz CT molecular complexity index is 801. The number of Topliss-reactive ketones (excluding diaryl/α,β-unsaturated/α-hetero) is 1. The van der Waals surface area contributed by atoms with Crippen LogP contribution in [0.3, 0.4) is 0 Å². The largest absolute Gasteiger partial charge is 0.480 e. The fourth-order valence-corrected chi connectivity index (χ4v) is 4.37. The maximum absolute atomic E-state index is 12.6. The summed E-state index contributed by atoms with van der Waals surface area (Å²) in [4.78, 5) is 33.9. The molecule has 1 saturated heterocycles. The van der Waals surface area contributed by atoms with Gasteiger partial charge in [-0.15, -0.1) is 0 Å². The Morgan fingerprint density at radius 3 is 2.73 bits per heavy atom. The SMILES string of the molecule is O=C1Nc2ccc(S(=O)(=O)N3CCC[C@H]3C(=O)O)cc2C1=O. The van der Waals surface area contributed by atoms with Crippen molar-refractivity contribution in [3.05, 3.63) is 23.8 Å². The number of sulfonamides is 1. The first kappa shape index (κ1) is 14.7. The summed E-state index contributed by atoms with van der Waals surface area (Å²) in [6.07, 6.45) is 0.707. The van der Waals surface area contributed by atoms with Crippen molar-refractivity contribution in [2.75, 3.05) is 11.9 Å². The number of nitrogens with one attached hydrogen (secondary N) is 1. The third-order valence-electron chi connectivity index (χ3n) is 3.79. The standard InChI is InChI=1S/C13H12N2O6S/c16-11-8-6-7(3-4-9(8)14-12(11)17)22(20,21)15-5-1-2-10(15)13(18)19/h3-4,6,10H,1-2,5H2,(H,18,19)(H,14,16,17)/t10-/m0/s1. The van der Waals surface area contributed by atoms with E-state index in [1.165, 1.54) is 12.1 Å². The number of fused-ring (bicyclic) bond motifs is 1. The van der Waals surface area contributed by atoms with Gasteiger partial charge in [0.25, 0.3) is 11.7 Å². The van der Waals surface area contributed by atoms with Gasteiger partial charge in [-0.2, -0.15) is 4.31 Å². The summed E-state index contributed by atoms with van der Waals surface area (Å²) in [7, 11) is -4.03. The second kappa shape index (κ2) is 4.89. The van der Waals surface area contributed by atoms with E-state index in [1.807, 2.05) is 0 Å². The molecule has 0 radical (unpaired) electrons. The smallest absolute Gasteiger partial charge is 0.322 e. The lowest BCUT2D eigenvalue weighted by Gasteiger charge is -2.21. The molecule has 2 heterocycles. The average molecular weight is 324 g/mol. The van der Waals surface area contributed by atoms with Crippen LogP contribution in [0.15, 0.2) is 23.1 Å². The highest BCUT2D eigenvalue weighted by Crippen LogP contribution is 2.30. The minimum Gasteiger partial charge on any atom is -0.480 e. The molecule has 0 bridgehead atoms. The number of carboxylic acids is 1. The molecule has 0 saturated carbocycles. The van der Waals surface area contributed by atoms with Crippen LogP contribution in [0.2, 0.25) is 0 Å². The summed E-state index contributed by atoms with van der Waals surface area (Å²) in [6.45, 7) is 0.113. The van der Waals surface area contributed by atoms with E-state index < -0.39 is 33.7 Å². The normalized spacial score (nSPS) is 21.7. The van der Waals surface area contributed by atoms with Gasteiger partial charge in [-0.3, -0.25) is 14.4 Å². The Labute approximate surface area is 125 Å². The second-order valence-electron chi connectivity index (χ2n) is 5.10. The molecule has 0 spiro atoms. The van der Waals surface area contributed by atoms with Gasteiger partial charge in [-0.05, 0) is 31.0 Å². The van der Waals surface area contributed by atoms with E-state index >= 15 is 0 Å². The molecule has 1 fully saturated rings. The van der Waals surface area contributed by atoms with Crippen molar-refractivity contribution < 1.29 is 27.9 Å². The van der Waals surface area contributed by atoms with Crippen LogP contribution >= 0.6 is 0 Å². The Kier molecular flexibility index (Phi) is 3.26. The van der Waals surface area contributed by atoms with Crippen molar-refractivity contribution in [3.63, 3.8) is 0 Å². The Balaban J connectivity index is 2.02. The van der Waals surface area contributed by atoms with Crippen molar-refractivity contribution in [1.29, 1.82) is 0 Å². The topological polar surface area (TPSA) is 121 Å². The van der Waals surface area contributed by atoms with Gasteiger partial charge in [0.05, 0.1) is 16.1 Å². The molecule has 0 aliphatic carbocycles. The van der Waals surface area contributed by atoms with Crippen molar-refractivity contribution in [2.45, 2.75) is 23.8 Å². The number of hydrogen-bond acceptors (Lipinski definition) is 5. The minimum absolute atomic E-state index is 0.0165. The highest BCUT2D eigenvalue weighted by molar-refractivity contribution is 7.89. The van der Waals surface area contributed by atoms with Crippen molar-refractivity contribution in [2.24, 2.45) is 0 Å². The summed E-state index contributed by atoms with van der Waals surface area (Å²) in [5.41, 5.74) is 0.238. The van der Waals surface area contributed by atoms with Crippen LogP contribution in [0.4, 0.5) is 5.69 Å². The van der Waals surface area contributed by atoms with Crippen molar-refractivity contribution >= 4 is 33.4 Å². The summed E-state index contributed by atoms with van der Waals surface area (Å²) in [6, 6.07) is 2.59. The molecular formula is C13H12N2O6S. The van der Waals surface area contributed by atoms with Gasteiger partial charge < -0.3 is 10.4 Å². The quantitative estimate of drug-likeness (QED) is 0.758. The van der Waals surface area contributed by atoms with Gasteiger partial charge in [0.1, 0.15) is 6.04 Å². The number of amides is 1. The summed E-state index contributed by atoms with van der Waals surface area (Å²) in [5, 5.41) is 11.4. The minimum atomic E-state index is -4.03. The highest BCUT2D eigenvalue weighted by atomic mass is 32.2. The van der Waals surface area contributed by atoms with Gasteiger partial charge in [-0.1, -0.05) is 0 Å². The monoisotopic (exact) mass is 324 g/mol. The predicted molar refractivity (Wildman–Crippen MR) is 74.0 cm³/mol. The first-order valence-electron chi connectivity index (χ1n) is 6.57. The molecule has 1 aromatic carbocycles. The maximum atomic E-state index is 12.6. The van der Waals surface area contributed by atoms with Crippen LogP contribution in [-0.2, 0) is 19.6 Å². The van der Waals surface area contributed by atoms with Crippen LogP contribution in [0, 0.1) is 0 Å². The zero-order valence-electron chi connectivity index (χ0n) is 11.3. The fourth-order valence-electron chi connectivity index (χ4n) is 2.69. The van der Waals surface area contributed by atoms with Crippen LogP contribution in [0.25, 0.3) is 0 Å². The van der Waals surface area contributed by atoms with Crippen LogP contribution in [-0.4, -0.2) is 48.1 Å². The Morgan fingerprint density at radius 1 is 1.32 bits per heavy atom. The molecule has 8 nitrogen and oxygen atoms in total. The molecule has 0 unspecified atom stereocenters. The number of benzene rings is 1. The summed E-state index contributed by atoms with van der Waals surface area (Å²) >= 11 is 0. The van der Waals surface area contributed by atoms with E-state index in [0.717, 1.165) is 10.4 Å². The first-order chi connectivity index (χ1) is 10.3. The van der Waals surface area contributed by atoms with Crippen LogP contribution in [0.1, 0.15) is 23.2 Å². The highest BCUT2D eigenvalue weighted by Gasteiger charge is 2.40. The number of carbonyl (C=O) groups excluding carboxylic acids is 2. The molecular weight excluding hydrogens is 312 g/mol. The van der Waals surface area contributed by atoms with Crippen molar-refractivity contribution in [3.8, 4) is 0 Å². The lowest BCUT2D eigenvalue weighted by molar-refractivity contribution is -0.140. The molecule has 3 rings (SSSR count). The lowest BCUT2D eigenvalue weighted by atomic mass is 10.1. The fraction of sp³-hybridized carbons (Fsp3) is 0.308. The van der Waals surface area contributed by atoms with E-state index in [0.29, 0.717) is 6.42 Å². The number of ketones is 1. The average Bonchev–Trinajstić information content (AvgIpc) is 3.05. The Morgan fingerprint density at radius 2 is 2.05 bits per heavy atom. The number of carbonyl (C=O) groups is 3. The zero-order valence-corrected chi connectivity index (χ0v) is 12.1. The first-order valence-corrected chi connectivity index (χ1v) is 8.01. The van der Waals surface area contributed by atoms with Gasteiger partial charge in [0.2, 0.25) is 10.0 Å². The number of aliphatic carboxylic acids is 1. The Hall–Kier alpha value is -2.26. The predicted octanol–water partition coefficient (Wildman–Crippen LogP) is 0.0591. The summed E-state index contributed by atoms with van der Waals surface area (Å²) in [5.74, 6) is -2.81. The van der Waals surface area contributed by atoms with E-state index in [4.69, 9.17) is 5.11 Å². The molecule has 9 heteroatoms. The second-order valence-corrected chi connectivity index (χ2v) is 6.99. The molecule has 116 valence electrons. The number of hydrogen-bond donors (Lipinski definition) is 2.